The molecule has 8 N–H and O–H groups in total. The largest absolute Gasteiger partial charge is 0.394 e. The van der Waals surface area contributed by atoms with Crippen molar-refractivity contribution >= 4 is 0 Å². The Bertz CT molecular complexity index is 344. The minimum atomic E-state index is -1.72. The maximum atomic E-state index is 9.84. The fourth-order valence-corrected chi connectivity index (χ4v) is 2.49. The number of ether oxygens (including phenoxy) is 3. The van der Waals surface area contributed by atoms with Crippen molar-refractivity contribution in [3.8, 4) is 0 Å². The molecule has 0 amide bonds. The van der Waals surface area contributed by atoms with E-state index in [9.17, 15) is 30.6 Å². The first-order valence-electron chi connectivity index (χ1n) is 7.08. The Morgan fingerprint density at radius 3 is 1.22 bits per heavy atom. The highest BCUT2D eigenvalue weighted by Crippen LogP contribution is 2.27. The molecule has 0 saturated carbocycles. The topological polar surface area (TPSA) is 190 Å². The third-order valence-electron chi connectivity index (χ3n) is 3.97. The zero-order chi connectivity index (χ0) is 17.3. The third-order valence-corrected chi connectivity index (χ3v) is 3.97. The van der Waals surface area contributed by atoms with Gasteiger partial charge in [0.1, 0.15) is 48.8 Å². The summed E-state index contributed by atoms with van der Waals surface area (Å²) < 4.78 is 15.3. The Balaban J connectivity index is 2.07. The van der Waals surface area contributed by atoms with Gasteiger partial charge in [-0.1, -0.05) is 0 Å². The van der Waals surface area contributed by atoms with Gasteiger partial charge in [-0.15, -0.1) is 0 Å². The van der Waals surface area contributed by atoms with E-state index in [4.69, 9.17) is 24.4 Å². The van der Waals surface area contributed by atoms with E-state index >= 15 is 0 Å². The fraction of sp³-hybridized carbons (Fsp3) is 1.00. The lowest BCUT2D eigenvalue weighted by molar-refractivity contribution is -0.376. The first-order chi connectivity index (χ1) is 10.8. The molecular formula is C12H22O11. The summed E-state index contributed by atoms with van der Waals surface area (Å²) in [5.41, 5.74) is 0. The van der Waals surface area contributed by atoms with Gasteiger partial charge >= 0.3 is 0 Å². The molecule has 2 rings (SSSR count). The van der Waals surface area contributed by atoms with Crippen molar-refractivity contribution in [1.82, 2.24) is 0 Å². The van der Waals surface area contributed by atoms with Crippen molar-refractivity contribution in [2.24, 2.45) is 0 Å². The maximum Gasteiger partial charge on any atom is 0.189 e. The van der Waals surface area contributed by atoms with Gasteiger partial charge in [-0.3, -0.25) is 0 Å². The van der Waals surface area contributed by atoms with Crippen molar-refractivity contribution in [1.29, 1.82) is 0 Å². The van der Waals surface area contributed by atoms with Crippen LogP contribution in [-0.4, -0.2) is 115 Å². The van der Waals surface area contributed by atoms with E-state index in [0.717, 1.165) is 0 Å². The molecule has 0 spiro atoms. The van der Waals surface area contributed by atoms with Gasteiger partial charge in [-0.05, 0) is 0 Å². The second-order valence-electron chi connectivity index (χ2n) is 5.53. The Labute approximate surface area is 130 Å². The summed E-state index contributed by atoms with van der Waals surface area (Å²) in [6.07, 6.45) is -15.6. The van der Waals surface area contributed by atoms with Crippen molar-refractivity contribution in [3.63, 3.8) is 0 Å². The van der Waals surface area contributed by atoms with Crippen LogP contribution in [0.2, 0.25) is 0 Å². The molecule has 0 radical (unpaired) electrons. The average molecular weight is 342 g/mol. The Hall–Kier alpha value is -0.440. The van der Waals surface area contributed by atoms with Crippen molar-refractivity contribution in [2.75, 3.05) is 13.2 Å². The first kappa shape index (κ1) is 18.9. The summed E-state index contributed by atoms with van der Waals surface area (Å²) in [7, 11) is 0. The summed E-state index contributed by atoms with van der Waals surface area (Å²) in [5.74, 6) is 0. The van der Waals surface area contributed by atoms with Crippen molar-refractivity contribution < 1.29 is 55.1 Å². The molecule has 2 aliphatic heterocycles. The number of aliphatic hydroxyl groups excluding tert-OH is 8. The average Bonchev–Trinajstić information content (AvgIpc) is 2.55. The zero-order valence-corrected chi connectivity index (χ0v) is 12.0. The predicted molar refractivity (Wildman–Crippen MR) is 68.6 cm³/mol. The molecule has 2 heterocycles. The summed E-state index contributed by atoms with van der Waals surface area (Å²) in [5, 5.41) is 76.4. The molecule has 0 aromatic carbocycles. The van der Waals surface area contributed by atoms with Gasteiger partial charge in [-0.25, -0.2) is 0 Å². The number of aliphatic hydroxyl groups is 8. The van der Waals surface area contributed by atoms with E-state index in [0.29, 0.717) is 0 Å². The molecule has 0 aromatic rings. The molecule has 11 nitrogen and oxygen atoms in total. The van der Waals surface area contributed by atoms with Crippen molar-refractivity contribution in [2.45, 2.75) is 61.4 Å². The van der Waals surface area contributed by atoms with E-state index in [-0.39, 0.29) is 0 Å². The smallest absolute Gasteiger partial charge is 0.189 e. The zero-order valence-electron chi connectivity index (χ0n) is 12.0. The Kier molecular flexibility index (Phi) is 6.27. The molecule has 23 heavy (non-hydrogen) atoms. The van der Waals surface area contributed by atoms with Gasteiger partial charge in [0, 0.05) is 0 Å². The highest BCUT2D eigenvalue weighted by atomic mass is 16.8. The summed E-state index contributed by atoms with van der Waals surface area (Å²) in [4.78, 5) is 0. The lowest BCUT2D eigenvalue weighted by Crippen LogP contribution is -2.63. The summed E-state index contributed by atoms with van der Waals surface area (Å²) >= 11 is 0. The van der Waals surface area contributed by atoms with Gasteiger partial charge in [0.15, 0.2) is 12.6 Å². The van der Waals surface area contributed by atoms with Crippen LogP contribution in [0.5, 0.6) is 0 Å². The van der Waals surface area contributed by atoms with E-state index in [1.165, 1.54) is 0 Å². The maximum absolute atomic E-state index is 9.84. The summed E-state index contributed by atoms with van der Waals surface area (Å²) in [6, 6.07) is 0. The predicted octanol–water partition coefficient (Wildman–Crippen LogP) is -5.40. The van der Waals surface area contributed by atoms with Crippen LogP contribution in [0.4, 0.5) is 0 Å². The molecule has 11 heteroatoms. The molecule has 0 aromatic heterocycles. The van der Waals surface area contributed by atoms with Crippen LogP contribution in [0, 0.1) is 0 Å². The molecule has 0 bridgehead atoms. The number of hydrogen-bond acceptors (Lipinski definition) is 11. The van der Waals surface area contributed by atoms with Gasteiger partial charge in [0.05, 0.1) is 13.2 Å². The monoisotopic (exact) mass is 342 g/mol. The van der Waals surface area contributed by atoms with Crippen LogP contribution in [0.3, 0.4) is 0 Å². The normalized spacial score (nSPS) is 51.7. The molecule has 1 unspecified atom stereocenters. The molecule has 10 atom stereocenters. The number of hydrogen-bond donors (Lipinski definition) is 8. The first-order valence-corrected chi connectivity index (χ1v) is 7.08. The summed E-state index contributed by atoms with van der Waals surface area (Å²) in [6.45, 7) is -1.33. The SMILES string of the molecule is OC[C@H]1O[C@H](OC2O[C@H](CO)[C@@H](O)[C@H](O)[C@H]2O)[C@@H](O)[C@@H](O)[C@@H]1O. The quantitative estimate of drug-likeness (QED) is 0.243. The second kappa shape index (κ2) is 7.63. The Morgan fingerprint density at radius 1 is 0.565 bits per heavy atom. The highest BCUT2D eigenvalue weighted by molar-refractivity contribution is 4.92. The van der Waals surface area contributed by atoms with Crippen LogP contribution in [0.15, 0.2) is 0 Å². The van der Waals surface area contributed by atoms with Crippen LogP contribution in [0.1, 0.15) is 0 Å². The van der Waals surface area contributed by atoms with E-state index < -0.39 is 74.6 Å². The lowest BCUT2D eigenvalue weighted by atomic mass is 9.98. The second-order valence-corrected chi connectivity index (χ2v) is 5.53. The standard InChI is InChI=1S/C12H22O11/c13-1-3-5(15)7(17)9(19)11(21-3)23-12-10(20)8(18)6(16)4(2-14)22-12/h3-20H,1-2H2/t3-,4-,5-,6-,7+,8+,9-,10+,11?,12-/m1/s1. The van der Waals surface area contributed by atoms with Gasteiger partial charge in [-0.2, -0.15) is 0 Å². The number of rotatable bonds is 4. The van der Waals surface area contributed by atoms with E-state index in [1.54, 1.807) is 0 Å². The van der Waals surface area contributed by atoms with Crippen molar-refractivity contribution in [3.05, 3.63) is 0 Å². The van der Waals surface area contributed by atoms with Crippen LogP contribution in [-0.2, 0) is 14.2 Å². The molecule has 2 fully saturated rings. The van der Waals surface area contributed by atoms with Gasteiger partial charge in [0.2, 0.25) is 0 Å². The van der Waals surface area contributed by atoms with Crippen LogP contribution >= 0.6 is 0 Å². The van der Waals surface area contributed by atoms with Crippen LogP contribution in [0.25, 0.3) is 0 Å². The minimum Gasteiger partial charge on any atom is -0.394 e. The lowest BCUT2D eigenvalue weighted by Gasteiger charge is -2.44. The van der Waals surface area contributed by atoms with Gasteiger partial charge in [0.25, 0.3) is 0 Å². The van der Waals surface area contributed by atoms with Gasteiger partial charge < -0.3 is 55.1 Å². The highest BCUT2D eigenvalue weighted by Gasteiger charge is 2.49. The molecule has 0 aliphatic carbocycles. The van der Waals surface area contributed by atoms with Crippen LogP contribution < -0.4 is 0 Å². The third kappa shape index (κ3) is 3.65. The fourth-order valence-electron chi connectivity index (χ4n) is 2.49. The Morgan fingerprint density at radius 2 is 0.913 bits per heavy atom. The van der Waals surface area contributed by atoms with E-state index in [1.807, 2.05) is 0 Å². The molecule has 136 valence electrons. The molecule has 2 saturated heterocycles. The van der Waals surface area contributed by atoms with E-state index in [2.05, 4.69) is 0 Å². The minimum absolute atomic E-state index is 0.667. The molecule has 2 aliphatic rings. The molecular weight excluding hydrogens is 320 g/mol.